The van der Waals surface area contributed by atoms with Gasteiger partial charge in [-0.1, -0.05) is 42.5 Å². The van der Waals surface area contributed by atoms with Gasteiger partial charge in [0.2, 0.25) is 0 Å². The predicted octanol–water partition coefficient (Wildman–Crippen LogP) is 5.08. The lowest BCUT2D eigenvalue weighted by atomic mass is 10.0. The Hall–Kier alpha value is -4.24. The third-order valence-corrected chi connectivity index (χ3v) is 5.20. The van der Waals surface area contributed by atoms with Crippen LogP contribution in [-0.4, -0.2) is 22.1 Å². The average molecular weight is 410 g/mol. The first-order valence-electron chi connectivity index (χ1n) is 9.97. The number of hydrogen-bond donors (Lipinski definition) is 2. The van der Waals surface area contributed by atoms with Crippen molar-refractivity contribution in [1.29, 1.82) is 5.26 Å². The molecule has 0 atom stereocenters. The fraction of sp³-hybridized carbons (Fsp3) is 0.120. The summed E-state index contributed by atoms with van der Waals surface area (Å²) >= 11 is 0. The number of benzene rings is 2. The molecule has 0 aliphatic rings. The van der Waals surface area contributed by atoms with Gasteiger partial charge < -0.3 is 15.5 Å². The second kappa shape index (κ2) is 8.25. The van der Waals surface area contributed by atoms with Crippen LogP contribution in [0, 0.1) is 18.3 Å². The van der Waals surface area contributed by atoms with E-state index in [2.05, 4.69) is 11.1 Å². The maximum Gasteiger partial charge on any atom is 0.339 e. The van der Waals surface area contributed by atoms with Crippen LogP contribution in [0.1, 0.15) is 28.5 Å². The second-order valence-corrected chi connectivity index (χ2v) is 7.11. The van der Waals surface area contributed by atoms with Crippen LogP contribution in [0.5, 0.6) is 0 Å². The van der Waals surface area contributed by atoms with E-state index in [9.17, 15) is 10.1 Å². The number of esters is 1. The van der Waals surface area contributed by atoms with Crippen molar-refractivity contribution in [3.8, 4) is 34.3 Å². The number of anilines is 1. The molecule has 4 aromatic rings. The van der Waals surface area contributed by atoms with Gasteiger partial charge in [-0.2, -0.15) is 5.26 Å². The summed E-state index contributed by atoms with van der Waals surface area (Å²) in [6.45, 7) is 3.89. The van der Waals surface area contributed by atoms with E-state index >= 15 is 0 Å². The first-order chi connectivity index (χ1) is 15.0. The molecule has 2 aromatic heterocycles. The van der Waals surface area contributed by atoms with Crippen molar-refractivity contribution < 1.29 is 9.53 Å². The molecule has 0 radical (unpaired) electrons. The third-order valence-electron chi connectivity index (χ3n) is 5.20. The molecule has 0 aliphatic carbocycles. The van der Waals surface area contributed by atoms with E-state index in [4.69, 9.17) is 10.5 Å². The predicted molar refractivity (Wildman–Crippen MR) is 121 cm³/mol. The number of H-pyrrole nitrogens is 1. The normalized spacial score (nSPS) is 10.6. The first-order valence-corrected chi connectivity index (χ1v) is 9.97. The molecule has 0 unspecified atom stereocenters. The number of hydrogen-bond acceptors (Lipinski definition) is 4. The summed E-state index contributed by atoms with van der Waals surface area (Å²) in [4.78, 5) is 15.9. The molecule has 31 heavy (non-hydrogen) atoms. The molecule has 0 fully saturated rings. The molecule has 154 valence electrons. The summed E-state index contributed by atoms with van der Waals surface area (Å²) in [6.07, 6.45) is 1.82. The third kappa shape index (κ3) is 3.58. The highest BCUT2D eigenvalue weighted by Gasteiger charge is 2.24. The van der Waals surface area contributed by atoms with Crippen LogP contribution in [-0.2, 0) is 4.74 Å². The highest BCUT2D eigenvalue weighted by Crippen LogP contribution is 2.34. The zero-order valence-electron chi connectivity index (χ0n) is 17.3. The minimum Gasteiger partial charge on any atom is -0.462 e. The molecule has 2 aromatic carbocycles. The maximum atomic E-state index is 12.6. The van der Waals surface area contributed by atoms with Crippen LogP contribution in [0.3, 0.4) is 0 Å². The van der Waals surface area contributed by atoms with Crippen LogP contribution in [0.25, 0.3) is 28.2 Å². The van der Waals surface area contributed by atoms with Gasteiger partial charge in [-0.25, -0.2) is 4.79 Å². The number of carbonyl (C=O) groups excluding carboxylic acids is 1. The van der Waals surface area contributed by atoms with Gasteiger partial charge in [-0.3, -0.25) is 4.57 Å². The Morgan fingerprint density at radius 3 is 2.55 bits per heavy atom. The maximum absolute atomic E-state index is 12.6. The van der Waals surface area contributed by atoms with Crippen molar-refractivity contribution in [3.05, 3.63) is 83.7 Å². The number of nitrogens with two attached hydrogens (primary N) is 1. The van der Waals surface area contributed by atoms with E-state index in [0.717, 1.165) is 22.4 Å². The van der Waals surface area contributed by atoms with Crippen molar-refractivity contribution in [2.45, 2.75) is 13.8 Å². The summed E-state index contributed by atoms with van der Waals surface area (Å²) < 4.78 is 7.13. The minimum atomic E-state index is -0.405. The van der Waals surface area contributed by atoms with Crippen molar-refractivity contribution >= 4 is 11.7 Å². The van der Waals surface area contributed by atoms with Crippen molar-refractivity contribution in [1.82, 2.24) is 9.55 Å². The summed E-state index contributed by atoms with van der Waals surface area (Å²) in [7, 11) is 0. The van der Waals surface area contributed by atoms with E-state index in [1.807, 2.05) is 66.2 Å². The molecular formula is C25H22N4O2. The number of aromatic amines is 1. The topological polar surface area (TPSA) is 96.8 Å². The van der Waals surface area contributed by atoms with E-state index in [0.29, 0.717) is 28.3 Å². The molecule has 3 N–H and O–H groups in total. The molecule has 0 amide bonds. The van der Waals surface area contributed by atoms with Crippen molar-refractivity contribution in [2.75, 3.05) is 12.3 Å². The van der Waals surface area contributed by atoms with E-state index in [1.54, 1.807) is 19.1 Å². The fourth-order valence-corrected chi connectivity index (χ4v) is 3.77. The highest BCUT2D eigenvalue weighted by molar-refractivity contribution is 5.93. The number of rotatable bonds is 5. The summed E-state index contributed by atoms with van der Waals surface area (Å²) in [5, 5.41) is 10.0. The van der Waals surface area contributed by atoms with Crippen molar-refractivity contribution in [2.24, 2.45) is 0 Å². The molecule has 0 spiro atoms. The van der Waals surface area contributed by atoms with Crippen LogP contribution >= 0.6 is 0 Å². The molecule has 4 rings (SSSR count). The first kappa shape index (κ1) is 20.0. The van der Waals surface area contributed by atoms with Gasteiger partial charge in [0.05, 0.1) is 17.9 Å². The molecule has 0 bridgehead atoms. The molecular weight excluding hydrogens is 388 g/mol. The SMILES string of the molecule is CCOC(=O)c1cc(-c2cccc(N)c2)n(-c2[nH]cc(-c3ccccc3)c2C#N)c1C. The minimum absolute atomic E-state index is 0.279. The van der Waals surface area contributed by atoms with E-state index in [-0.39, 0.29) is 6.61 Å². The molecule has 6 nitrogen and oxygen atoms in total. The summed E-state index contributed by atoms with van der Waals surface area (Å²) in [5.74, 6) is 0.184. The smallest absolute Gasteiger partial charge is 0.339 e. The zero-order valence-corrected chi connectivity index (χ0v) is 17.3. The standard InChI is InChI=1S/C25H22N4O2/c1-3-31-25(30)20-13-23(18-10-7-11-19(27)12-18)29(16(20)2)24-21(14-26)22(15-28-24)17-8-5-4-6-9-17/h4-13,15,28H,3,27H2,1-2H3. The van der Waals surface area contributed by atoms with Gasteiger partial charge in [0.25, 0.3) is 0 Å². The zero-order chi connectivity index (χ0) is 22.0. The summed E-state index contributed by atoms with van der Waals surface area (Å²) in [5.41, 5.74) is 11.5. The lowest BCUT2D eigenvalue weighted by Gasteiger charge is -2.12. The molecule has 6 heteroatoms. The number of nitriles is 1. The van der Waals surface area contributed by atoms with Gasteiger partial charge in [0.15, 0.2) is 0 Å². The average Bonchev–Trinajstić information content (AvgIpc) is 3.35. The van der Waals surface area contributed by atoms with Gasteiger partial charge in [-0.15, -0.1) is 0 Å². The van der Waals surface area contributed by atoms with Gasteiger partial charge >= 0.3 is 5.97 Å². The molecule has 2 heterocycles. The number of nitrogen functional groups attached to an aromatic ring is 1. The monoisotopic (exact) mass is 410 g/mol. The number of ether oxygens (including phenoxy) is 1. The molecule has 0 aliphatic heterocycles. The Bertz CT molecular complexity index is 1290. The van der Waals surface area contributed by atoms with Crippen LogP contribution in [0.4, 0.5) is 5.69 Å². The second-order valence-electron chi connectivity index (χ2n) is 7.11. The number of nitrogens with zero attached hydrogens (tertiary/aromatic N) is 2. The molecule has 0 saturated carbocycles. The largest absolute Gasteiger partial charge is 0.462 e. The lowest BCUT2D eigenvalue weighted by Crippen LogP contribution is -2.07. The fourth-order valence-electron chi connectivity index (χ4n) is 3.77. The van der Waals surface area contributed by atoms with Gasteiger partial charge in [0, 0.05) is 28.7 Å². The Kier molecular flexibility index (Phi) is 5.33. The number of aromatic nitrogens is 2. The summed E-state index contributed by atoms with van der Waals surface area (Å²) in [6, 6.07) is 21.2. The molecule has 0 saturated heterocycles. The Morgan fingerprint density at radius 2 is 1.87 bits per heavy atom. The van der Waals surface area contributed by atoms with E-state index < -0.39 is 5.97 Å². The number of nitrogens with one attached hydrogen (secondary N) is 1. The van der Waals surface area contributed by atoms with Crippen LogP contribution in [0.2, 0.25) is 0 Å². The van der Waals surface area contributed by atoms with Gasteiger partial charge in [0.1, 0.15) is 17.5 Å². The Labute approximate surface area is 180 Å². The Balaban J connectivity index is 1.97. The number of carbonyl (C=O) groups is 1. The van der Waals surface area contributed by atoms with Crippen LogP contribution in [0.15, 0.2) is 66.9 Å². The van der Waals surface area contributed by atoms with Crippen LogP contribution < -0.4 is 5.73 Å². The highest BCUT2D eigenvalue weighted by atomic mass is 16.5. The van der Waals surface area contributed by atoms with Crippen molar-refractivity contribution in [3.63, 3.8) is 0 Å². The van der Waals surface area contributed by atoms with Gasteiger partial charge in [-0.05, 0) is 37.6 Å². The van der Waals surface area contributed by atoms with E-state index in [1.165, 1.54) is 0 Å². The quantitative estimate of drug-likeness (QED) is 0.354. The lowest BCUT2D eigenvalue weighted by molar-refractivity contribution is 0.0525. The Morgan fingerprint density at radius 1 is 1.13 bits per heavy atom.